The number of hydrogen-bond acceptors (Lipinski definition) is 4. The second-order valence-electron chi connectivity index (χ2n) is 6.63. The molecule has 5 heteroatoms. The number of nitrogens with zero attached hydrogens (tertiary/aromatic N) is 3. The van der Waals surface area contributed by atoms with Crippen LogP contribution in [0.15, 0.2) is 29.2 Å². The lowest BCUT2D eigenvalue weighted by atomic mass is 9.93. The van der Waals surface area contributed by atoms with Crippen molar-refractivity contribution in [1.29, 1.82) is 0 Å². The molecule has 1 N–H and O–H groups in total. The molecule has 1 fully saturated rings. The van der Waals surface area contributed by atoms with Crippen molar-refractivity contribution in [2.75, 3.05) is 26.7 Å². The molecule has 124 valence electrons. The summed E-state index contributed by atoms with van der Waals surface area (Å²) < 4.78 is 1.63. The number of fused-ring (bicyclic) bond motifs is 1. The molecule has 1 saturated heterocycles. The van der Waals surface area contributed by atoms with Crippen molar-refractivity contribution < 1.29 is 0 Å². The molecule has 0 unspecified atom stereocenters. The maximum Gasteiger partial charge on any atom is 0.258 e. The second-order valence-corrected chi connectivity index (χ2v) is 6.63. The van der Waals surface area contributed by atoms with Gasteiger partial charge in [-0.25, -0.2) is 4.98 Å². The summed E-state index contributed by atoms with van der Waals surface area (Å²) in [5.41, 5.74) is 2.70. The van der Waals surface area contributed by atoms with Crippen LogP contribution in [0.4, 0.5) is 0 Å². The van der Waals surface area contributed by atoms with Gasteiger partial charge in [0.25, 0.3) is 5.56 Å². The van der Waals surface area contributed by atoms with Gasteiger partial charge in [-0.2, -0.15) is 0 Å². The molecule has 0 bridgehead atoms. The van der Waals surface area contributed by atoms with E-state index in [4.69, 9.17) is 0 Å². The summed E-state index contributed by atoms with van der Waals surface area (Å²) in [7, 11) is 2.01. The van der Waals surface area contributed by atoms with Gasteiger partial charge in [0.1, 0.15) is 5.65 Å². The fourth-order valence-corrected chi connectivity index (χ4v) is 3.35. The molecule has 1 aliphatic rings. The number of piperidine rings is 1. The molecule has 0 saturated carbocycles. The number of likely N-dealkylation sites (tertiary alicyclic amines) is 1. The quantitative estimate of drug-likeness (QED) is 0.915. The Labute approximate surface area is 137 Å². The maximum atomic E-state index is 12.3. The fraction of sp³-hybridized carbons (Fsp3) is 0.556. The average Bonchev–Trinajstić information content (AvgIpc) is 2.55. The highest BCUT2D eigenvalue weighted by molar-refractivity contribution is 5.39. The van der Waals surface area contributed by atoms with Gasteiger partial charge in [-0.1, -0.05) is 6.07 Å². The molecule has 0 aromatic carbocycles. The average molecular weight is 314 g/mol. The van der Waals surface area contributed by atoms with E-state index in [9.17, 15) is 4.79 Å². The number of aromatic nitrogens is 2. The zero-order valence-electron chi connectivity index (χ0n) is 14.1. The van der Waals surface area contributed by atoms with Crippen LogP contribution in [0.2, 0.25) is 0 Å². The third-order valence-corrected chi connectivity index (χ3v) is 4.76. The Morgan fingerprint density at radius 3 is 2.83 bits per heavy atom. The lowest BCUT2D eigenvalue weighted by molar-refractivity contribution is 0.171. The Morgan fingerprint density at radius 1 is 1.30 bits per heavy atom. The topological polar surface area (TPSA) is 49.6 Å². The lowest BCUT2D eigenvalue weighted by Crippen LogP contribution is -2.34. The minimum Gasteiger partial charge on any atom is -0.320 e. The van der Waals surface area contributed by atoms with E-state index in [2.05, 4.69) is 15.2 Å². The van der Waals surface area contributed by atoms with E-state index in [1.807, 2.05) is 32.3 Å². The van der Waals surface area contributed by atoms with Gasteiger partial charge in [-0.3, -0.25) is 14.1 Å². The van der Waals surface area contributed by atoms with Crippen molar-refractivity contribution in [3.8, 4) is 0 Å². The predicted molar refractivity (Wildman–Crippen MR) is 92.7 cm³/mol. The van der Waals surface area contributed by atoms with Gasteiger partial charge in [0.2, 0.25) is 0 Å². The SMILES string of the molecule is CNCCC1CCN(Cc2cc(=O)n3cc(C)ccc3n2)CC1. The Morgan fingerprint density at radius 2 is 2.09 bits per heavy atom. The number of pyridine rings is 1. The Kier molecular flexibility index (Phi) is 5.08. The number of nitrogens with one attached hydrogen (secondary N) is 1. The molecule has 2 aromatic rings. The number of aryl methyl sites for hydroxylation is 1. The van der Waals surface area contributed by atoms with E-state index >= 15 is 0 Å². The third kappa shape index (κ3) is 3.98. The molecule has 5 nitrogen and oxygen atoms in total. The van der Waals surface area contributed by atoms with Gasteiger partial charge in [0.15, 0.2) is 0 Å². The molecule has 3 rings (SSSR count). The van der Waals surface area contributed by atoms with Crippen molar-refractivity contribution in [3.05, 3.63) is 46.0 Å². The zero-order chi connectivity index (χ0) is 16.2. The molecule has 2 aromatic heterocycles. The van der Waals surface area contributed by atoms with Crippen LogP contribution in [-0.4, -0.2) is 41.0 Å². The first-order chi connectivity index (χ1) is 11.2. The highest BCUT2D eigenvalue weighted by Gasteiger charge is 2.19. The van der Waals surface area contributed by atoms with Crippen LogP contribution >= 0.6 is 0 Å². The summed E-state index contributed by atoms with van der Waals surface area (Å²) in [6.07, 6.45) is 5.60. The van der Waals surface area contributed by atoms with Crippen molar-refractivity contribution in [3.63, 3.8) is 0 Å². The van der Waals surface area contributed by atoms with Crippen LogP contribution < -0.4 is 10.9 Å². The largest absolute Gasteiger partial charge is 0.320 e. The van der Waals surface area contributed by atoms with E-state index in [1.54, 1.807) is 10.5 Å². The van der Waals surface area contributed by atoms with Crippen LogP contribution in [0.5, 0.6) is 0 Å². The first kappa shape index (κ1) is 16.1. The summed E-state index contributed by atoms with van der Waals surface area (Å²) in [5.74, 6) is 0.830. The fourth-order valence-electron chi connectivity index (χ4n) is 3.35. The standard InChI is InChI=1S/C18H26N4O/c1-14-3-4-17-20-16(11-18(23)22(17)12-14)13-21-9-6-15(7-10-21)5-8-19-2/h3-4,11-12,15,19H,5-10,13H2,1-2H3. The van der Waals surface area contributed by atoms with Gasteiger partial charge in [-0.05, 0) is 70.4 Å². The normalized spacial score (nSPS) is 17.0. The van der Waals surface area contributed by atoms with Crippen molar-refractivity contribution in [1.82, 2.24) is 19.6 Å². The summed E-state index contributed by atoms with van der Waals surface area (Å²) in [6, 6.07) is 5.60. The van der Waals surface area contributed by atoms with E-state index in [-0.39, 0.29) is 5.56 Å². The lowest BCUT2D eigenvalue weighted by Gasteiger charge is -2.31. The van der Waals surface area contributed by atoms with Gasteiger partial charge >= 0.3 is 0 Å². The van der Waals surface area contributed by atoms with E-state index in [0.29, 0.717) is 0 Å². The highest BCUT2D eigenvalue weighted by atomic mass is 16.1. The van der Waals surface area contributed by atoms with Crippen LogP contribution in [0, 0.1) is 12.8 Å². The Balaban J connectivity index is 1.66. The first-order valence-corrected chi connectivity index (χ1v) is 8.51. The summed E-state index contributed by atoms with van der Waals surface area (Å²) in [5, 5.41) is 3.23. The van der Waals surface area contributed by atoms with Crippen LogP contribution in [0.25, 0.3) is 5.65 Å². The van der Waals surface area contributed by atoms with E-state index in [0.717, 1.165) is 49.0 Å². The number of hydrogen-bond donors (Lipinski definition) is 1. The molecule has 23 heavy (non-hydrogen) atoms. The van der Waals surface area contributed by atoms with E-state index in [1.165, 1.54) is 19.3 Å². The Bertz CT molecular complexity index is 717. The number of rotatable bonds is 5. The first-order valence-electron chi connectivity index (χ1n) is 8.51. The highest BCUT2D eigenvalue weighted by Crippen LogP contribution is 2.21. The molecule has 1 aliphatic heterocycles. The van der Waals surface area contributed by atoms with Gasteiger partial charge < -0.3 is 5.32 Å². The molecular formula is C18H26N4O. The molecule has 3 heterocycles. The zero-order valence-corrected chi connectivity index (χ0v) is 14.1. The predicted octanol–water partition coefficient (Wildman–Crippen LogP) is 1.82. The molecule has 0 spiro atoms. The minimum atomic E-state index is 0.0117. The van der Waals surface area contributed by atoms with Gasteiger partial charge in [0.05, 0.1) is 5.69 Å². The minimum absolute atomic E-state index is 0.0117. The monoisotopic (exact) mass is 314 g/mol. The van der Waals surface area contributed by atoms with Crippen molar-refractivity contribution >= 4 is 5.65 Å². The van der Waals surface area contributed by atoms with Crippen molar-refractivity contribution in [2.45, 2.75) is 32.7 Å². The summed E-state index contributed by atoms with van der Waals surface area (Å²) >= 11 is 0. The third-order valence-electron chi connectivity index (χ3n) is 4.76. The second kappa shape index (κ2) is 7.23. The van der Waals surface area contributed by atoms with Crippen LogP contribution in [0.1, 0.15) is 30.5 Å². The van der Waals surface area contributed by atoms with Gasteiger partial charge in [0, 0.05) is 18.8 Å². The molecular weight excluding hydrogens is 288 g/mol. The molecule has 0 radical (unpaired) electrons. The molecule has 0 aliphatic carbocycles. The summed E-state index contributed by atoms with van der Waals surface area (Å²) in [4.78, 5) is 19.3. The summed E-state index contributed by atoms with van der Waals surface area (Å²) in [6.45, 7) is 6.07. The van der Waals surface area contributed by atoms with E-state index < -0.39 is 0 Å². The smallest absolute Gasteiger partial charge is 0.258 e. The van der Waals surface area contributed by atoms with Crippen molar-refractivity contribution in [2.24, 2.45) is 5.92 Å². The van der Waals surface area contributed by atoms with Gasteiger partial charge in [-0.15, -0.1) is 0 Å². The Hall–Kier alpha value is -1.72. The van der Waals surface area contributed by atoms with Crippen LogP contribution in [-0.2, 0) is 6.54 Å². The molecule has 0 amide bonds. The maximum absolute atomic E-state index is 12.3. The molecule has 0 atom stereocenters. The van der Waals surface area contributed by atoms with Crippen LogP contribution in [0.3, 0.4) is 0 Å².